The number of rotatable bonds is 4. The van der Waals surface area contributed by atoms with Crippen LogP contribution in [0.5, 0.6) is 0 Å². The van der Waals surface area contributed by atoms with Gasteiger partial charge in [-0.2, -0.15) is 5.10 Å². The van der Waals surface area contributed by atoms with Gasteiger partial charge in [0, 0.05) is 29.9 Å². The molecule has 0 saturated carbocycles. The van der Waals surface area contributed by atoms with Crippen molar-refractivity contribution in [2.75, 3.05) is 0 Å². The van der Waals surface area contributed by atoms with Gasteiger partial charge in [0.05, 0.1) is 11.7 Å². The summed E-state index contributed by atoms with van der Waals surface area (Å²) in [6.45, 7) is 1.62. The summed E-state index contributed by atoms with van der Waals surface area (Å²) < 4.78 is 1.89. The number of halogens is 1. The SMILES string of the molecule is Clc1ccc(CNCc2cnn3ccccc23)cc1. The van der Waals surface area contributed by atoms with E-state index >= 15 is 0 Å². The summed E-state index contributed by atoms with van der Waals surface area (Å²) in [6, 6.07) is 14.0. The van der Waals surface area contributed by atoms with E-state index in [-0.39, 0.29) is 0 Å². The molecule has 0 unspecified atom stereocenters. The van der Waals surface area contributed by atoms with Crippen molar-refractivity contribution < 1.29 is 0 Å². The van der Waals surface area contributed by atoms with Gasteiger partial charge in [-0.15, -0.1) is 0 Å². The van der Waals surface area contributed by atoms with Gasteiger partial charge in [-0.3, -0.25) is 0 Å². The van der Waals surface area contributed by atoms with Crippen molar-refractivity contribution in [3.8, 4) is 0 Å². The van der Waals surface area contributed by atoms with Crippen LogP contribution in [-0.4, -0.2) is 9.61 Å². The molecular formula is C15H14ClN3. The first kappa shape index (κ1) is 12.2. The van der Waals surface area contributed by atoms with Gasteiger partial charge in [-0.05, 0) is 29.8 Å². The second-order valence-electron chi connectivity index (χ2n) is 4.43. The first-order valence-corrected chi connectivity index (χ1v) is 6.57. The number of hydrogen-bond acceptors (Lipinski definition) is 2. The third-order valence-electron chi connectivity index (χ3n) is 3.06. The number of hydrogen-bond donors (Lipinski definition) is 1. The maximum atomic E-state index is 5.86. The summed E-state index contributed by atoms with van der Waals surface area (Å²) in [5.74, 6) is 0. The Labute approximate surface area is 116 Å². The van der Waals surface area contributed by atoms with Crippen molar-refractivity contribution in [3.05, 3.63) is 71.0 Å². The molecule has 96 valence electrons. The fourth-order valence-corrected chi connectivity index (χ4v) is 2.19. The van der Waals surface area contributed by atoms with Crippen LogP contribution >= 0.6 is 11.6 Å². The summed E-state index contributed by atoms with van der Waals surface area (Å²) in [4.78, 5) is 0. The van der Waals surface area contributed by atoms with Crippen LogP contribution in [0.25, 0.3) is 5.52 Å². The minimum atomic E-state index is 0.770. The lowest BCUT2D eigenvalue weighted by molar-refractivity contribution is 0.696. The first-order chi connectivity index (χ1) is 9.33. The summed E-state index contributed by atoms with van der Waals surface area (Å²) >= 11 is 5.86. The molecule has 0 aliphatic carbocycles. The fraction of sp³-hybridized carbons (Fsp3) is 0.133. The quantitative estimate of drug-likeness (QED) is 0.789. The van der Waals surface area contributed by atoms with Crippen LogP contribution in [-0.2, 0) is 13.1 Å². The van der Waals surface area contributed by atoms with Gasteiger partial charge >= 0.3 is 0 Å². The lowest BCUT2D eigenvalue weighted by Gasteiger charge is -2.04. The van der Waals surface area contributed by atoms with E-state index < -0.39 is 0 Å². The number of nitrogens with zero attached hydrogens (tertiary/aromatic N) is 2. The molecule has 0 atom stereocenters. The number of nitrogens with one attached hydrogen (secondary N) is 1. The third kappa shape index (κ3) is 2.78. The first-order valence-electron chi connectivity index (χ1n) is 6.19. The average Bonchev–Trinajstić information content (AvgIpc) is 2.85. The van der Waals surface area contributed by atoms with Gasteiger partial charge in [0.15, 0.2) is 0 Å². The van der Waals surface area contributed by atoms with Crippen molar-refractivity contribution in [3.63, 3.8) is 0 Å². The molecule has 3 rings (SSSR count). The van der Waals surface area contributed by atoms with E-state index in [0.29, 0.717) is 0 Å². The molecule has 0 fully saturated rings. The van der Waals surface area contributed by atoms with Crippen LogP contribution in [0.15, 0.2) is 54.9 Å². The number of benzene rings is 1. The van der Waals surface area contributed by atoms with Crippen LogP contribution in [0.3, 0.4) is 0 Å². The third-order valence-corrected chi connectivity index (χ3v) is 3.32. The maximum absolute atomic E-state index is 5.86. The Hall–Kier alpha value is -1.84. The molecule has 3 aromatic rings. The van der Waals surface area contributed by atoms with Crippen LogP contribution in [0.1, 0.15) is 11.1 Å². The minimum absolute atomic E-state index is 0.770. The molecule has 1 N–H and O–H groups in total. The molecule has 0 saturated heterocycles. The van der Waals surface area contributed by atoms with Gasteiger partial charge in [-0.25, -0.2) is 4.52 Å². The average molecular weight is 272 g/mol. The Balaban J connectivity index is 1.65. The zero-order chi connectivity index (χ0) is 13.1. The molecule has 0 spiro atoms. The molecule has 19 heavy (non-hydrogen) atoms. The fourth-order valence-electron chi connectivity index (χ4n) is 2.07. The minimum Gasteiger partial charge on any atom is -0.308 e. The highest BCUT2D eigenvalue weighted by atomic mass is 35.5. The Morgan fingerprint density at radius 3 is 2.74 bits per heavy atom. The van der Waals surface area contributed by atoms with E-state index in [1.807, 2.05) is 53.3 Å². The smallest absolute Gasteiger partial charge is 0.0706 e. The largest absolute Gasteiger partial charge is 0.308 e. The predicted molar refractivity (Wildman–Crippen MR) is 77.2 cm³/mol. The summed E-state index contributed by atoms with van der Waals surface area (Å²) in [7, 11) is 0. The highest BCUT2D eigenvalue weighted by molar-refractivity contribution is 6.30. The van der Waals surface area contributed by atoms with Crippen molar-refractivity contribution >= 4 is 17.1 Å². The van der Waals surface area contributed by atoms with Crippen molar-refractivity contribution in [1.29, 1.82) is 0 Å². The zero-order valence-corrected chi connectivity index (χ0v) is 11.1. The standard InChI is InChI=1S/C15H14ClN3/c16-14-6-4-12(5-7-14)9-17-10-13-11-18-19-8-2-1-3-15(13)19/h1-8,11,17H,9-10H2. The molecule has 3 nitrogen and oxygen atoms in total. The lowest BCUT2D eigenvalue weighted by Crippen LogP contribution is -2.12. The molecule has 4 heteroatoms. The topological polar surface area (TPSA) is 29.3 Å². The van der Waals surface area contributed by atoms with Gasteiger partial charge in [0.25, 0.3) is 0 Å². The number of fused-ring (bicyclic) bond motifs is 1. The van der Waals surface area contributed by atoms with Crippen LogP contribution in [0.4, 0.5) is 0 Å². The normalized spacial score (nSPS) is 11.0. The molecule has 2 aromatic heterocycles. The molecule has 1 aromatic carbocycles. The Morgan fingerprint density at radius 1 is 1.05 bits per heavy atom. The highest BCUT2D eigenvalue weighted by Crippen LogP contribution is 2.11. The molecule has 0 aliphatic rings. The number of pyridine rings is 1. The molecule has 0 radical (unpaired) electrons. The van der Waals surface area contributed by atoms with Crippen molar-refractivity contribution in [2.24, 2.45) is 0 Å². The molecule has 0 bridgehead atoms. The van der Waals surface area contributed by atoms with Crippen LogP contribution < -0.4 is 5.32 Å². The van der Waals surface area contributed by atoms with Gasteiger partial charge < -0.3 is 5.32 Å². The van der Waals surface area contributed by atoms with Crippen molar-refractivity contribution in [1.82, 2.24) is 14.9 Å². The van der Waals surface area contributed by atoms with Crippen LogP contribution in [0.2, 0.25) is 5.02 Å². The van der Waals surface area contributed by atoms with E-state index in [4.69, 9.17) is 11.6 Å². The van der Waals surface area contributed by atoms with E-state index in [2.05, 4.69) is 16.5 Å². The monoisotopic (exact) mass is 271 g/mol. The van der Waals surface area contributed by atoms with Gasteiger partial charge in [0.2, 0.25) is 0 Å². The number of aromatic nitrogens is 2. The summed E-state index contributed by atoms with van der Waals surface area (Å²) in [5.41, 5.74) is 3.57. The molecule has 0 aliphatic heterocycles. The summed E-state index contributed by atoms with van der Waals surface area (Å²) in [5, 5.41) is 8.50. The second-order valence-corrected chi connectivity index (χ2v) is 4.87. The summed E-state index contributed by atoms with van der Waals surface area (Å²) in [6.07, 6.45) is 3.86. The van der Waals surface area contributed by atoms with Crippen LogP contribution in [0, 0.1) is 0 Å². The predicted octanol–water partition coefficient (Wildman–Crippen LogP) is 3.28. The Bertz CT molecular complexity index is 673. The lowest BCUT2D eigenvalue weighted by atomic mass is 10.2. The maximum Gasteiger partial charge on any atom is 0.0706 e. The zero-order valence-electron chi connectivity index (χ0n) is 10.4. The molecule has 2 heterocycles. The van der Waals surface area contributed by atoms with E-state index in [1.54, 1.807) is 0 Å². The molecule has 0 amide bonds. The Kier molecular flexibility index (Phi) is 3.49. The second kappa shape index (κ2) is 5.43. The Morgan fingerprint density at radius 2 is 1.89 bits per heavy atom. The van der Waals surface area contributed by atoms with E-state index in [9.17, 15) is 0 Å². The van der Waals surface area contributed by atoms with Gasteiger partial charge in [0.1, 0.15) is 0 Å². The van der Waals surface area contributed by atoms with Crippen molar-refractivity contribution in [2.45, 2.75) is 13.1 Å². The molecular weight excluding hydrogens is 258 g/mol. The van der Waals surface area contributed by atoms with E-state index in [0.717, 1.165) is 23.6 Å². The van der Waals surface area contributed by atoms with Gasteiger partial charge in [-0.1, -0.05) is 29.8 Å². The van der Waals surface area contributed by atoms with E-state index in [1.165, 1.54) is 11.1 Å². The highest BCUT2D eigenvalue weighted by Gasteiger charge is 2.02.